The van der Waals surface area contributed by atoms with Crippen molar-refractivity contribution in [1.29, 1.82) is 0 Å². The lowest BCUT2D eigenvalue weighted by Gasteiger charge is -2.34. The highest BCUT2D eigenvalue weighted by molar-refractivity contribution is 7.89. The van der Waals surface area contributed by atoms with Gasteiger partial charge in [0, 0.05) is 26.2 Å². The molecule has 0 saturated carbocycles. The van der Waals surface area contributed by atoms with Crippen molar-refractivity contribution >= 4 is 38.7 Å². The summed E-state index contributed by atoms with van der Waals surface area (Å²) in [6, 6.07) is 6.68. The summed E-state index contributed by atoms with van der Waals surface area (Å²) >= 11 is 0.990. The number of benzene rings is 1. The van der Waals surface area contributed by atoms with Gasteiger partial charge in [-0.05, 0) is 32.0 Å². The summed E-state index contributed by atoms with van der Waals surface area (Å²) in [5.41, 5.74) is 1.49. The average molecular weight is 406 g/mol. The van der Waals surface area contributed by atoms with Gasteiger partial charge in [-0.15, -0.1) is 0 Å². The third kappa shape index (κ3) is 3.13. The molecule has 0 radical (unpaired) electrons. The molecule has 4 rings (SSSR count). The molecule has 0 N–H and O–H groups in total. The summed E-state index contributed by atoms with van der Waals surface area (Å²) in [7, 11) is -3.70. The number of carbonyl (C=O) groups is 1. The maximum Gasteiger partial charge on any atom is 0.257 e. The fourth-order valence-corrected chi connectivity index (χ4v) is 5.45. The molecule has 3 heterocycles. The Balaban J connectivity index is 1.51. The van der Waals surface area contributed by atoms with Crippen molar-refractivity contribution in [2.75, 3.05) is 26.2 Å². The Bertz CT molecular complexity index is 1090. The number of fused-ring (bicyclic) bond motifs is 1. The Morgan fingerprint density at radius 2 is 1.89 bits per heavy atom. The summed E-state index contributed by atoms with van der Waals surface area (Å²) in [5.74, 6) is 1.13. The minimum absolute atomic E-state index is 0.132. The highest BCUT2D eigenvalue weighted by atomic mass is 32.2. The number of nitrogens with zero attached hydrogens (tertiary/aromatic N) is 4. The van der Waals surface area contributed by atoms with E-state index in [-0.39, 0.29) is 23.9 Å². The predicted molar refractivity (Wildman–Crippen MR) is 101 cm³/mol. The number of hydrogen-bond donors (Lipinski definition) is 0. The molecular weight excluding hydrogens is 388 g/mol. The van der Waals surface area contributed by atoms with Crippen LogP contribution in [0, 0.1) is 13.8 Å². The first-order chi connectivity index (χ1) is 12.9. The Hall–Kier alpha value is -2.30. The molecule has 1 amide bonds. The second-order valence-electron chi connectivity index (χ2n) is 6.41. The molecular formula is C17H18N4O4S2. The van der Waals surface area contributed by atoms with Gasteiger partial charge in [0.15, 0.2) is 0 Å². The van der Waals surface area contributed by atoms with Gasteiger partial charge in [0.1, 0.15) is 27.8 Å². The van der Waals surface area contributed by atoms with E-state index in [9.17, 15) is 13.2 Å². The quantitative estimate of drug-likeness (QED) is 0.668. The number of sulfonamides is 1. The maximum atomic E-state index is 13.0. The van der Waals surface area contributed by atoms with Crippen LogP contribution in [-0.2, 0) is 21.4 Å². The van der Waals surface area contributed by atoms with Crippen molar-refractivity contribution in [1.82, 2.24) is 9.21 Å². The lowest BCUT2D eigenvalue weighted by Crippen LogP contribution is -2.50. The monoisotopic (exact) mass is 406 g/mol. The number of piperazine rings is 1. The van der Waals surface area contributed by atoms with Crippen LogP contribution in [-0.4, -0.2) is 49.7 Å². The lowest BCUT2D eigenvalue weighted by molar-refractivity contribution is 0.0696. The van der Waals surface area contributed by atoms with E-state index in [4.69, 9.17) is 4.42 Å². The zero-order valence-electron chi connectivity index (χ0n) is 14.9. The lowest BCUT2D eigenvalue weighted by atomic mass is 10.2. The van der Waals surface area contributed by atoms with Gasteiger partial charge >= 0.3 is 0 Å². The molecule has 1 saturated heterocycles. The van der Waals surface area contributed by atoms with Crippen LogP contribution >= 0.6 is 0 Å². The van der Waals surface area contributed by atoms with Gasteiger partial charge in [0.2, 0.25) is 10.0 Å². The molecule has 27 heavy (non-hydrogen) atoms. The van der Waals surface area contributed by atoms with Crippen molar-refractivity contribution in [2.24, 2.45) is 8.73 Å². The second-order valence-corrected chi connectivity index (χ2v) is 8.85. The summed E-state index contributed by atoms with van der Waals surface area (Å²) < 4.78 is 41.2. The van der Waals surface area contributed by atoms with E-state index >= 15 is 0 Å². The molecule has 0 bridgehead atoms. The molecule has 8 nitrogen and oxygen atoms in total. The Labute approximate surface area is 160 Å². The topological polar surface area (TPSA) is 95.6 Å². The zero-order valence-corrected chi connectivity index (χ0v) is 16.5. The minimum atomic E-state index is -3.70. The van der Waals surface area contributed by atoms with Crippen LogP contribution in [0.25, 0.3) is 0 Å². The molecule has 142 valence electrons. The van der Waals surface area contributed by atoms with Crippen molar-refractivity contribution in [2.45, 2.75) is 18.7 Å². The number of furan rings is 1. The fourth-order valence-electron chi connectivity index (χ4n) is 3.27. The van der Waals surface area contributed by atoms with Crippen molar-refractivity contribution in [3.8, 4) is 0 Å². The molecule has 0 atom stereocenters. The Kier molecular flexibility index (Phi) is 4.49. The van der Waals surface area contributed by atoms with Gasteiger partial charge in [-0.25, -0.2) is 8.42 Å². The van der Waals surface area contributed by atoms with Crippen LogP contribution in [0.5, 0.6) is 0 Å². The number of rotatable bonds is 3. The molecule has 1 aromatic heterocycles. The van der Waals surface area contributed by atoms with Gasteiger partial charge in [-0.1, -0.05) is 6.07 Å². The normalized spacial score (nSPS) is 17.0. The van der Waals surface area contributed by atoms with Crippen LogP contribution in [0.1, 0.15) is 21.9 Å². The van der Waals surface area contributed by atoms with Crippen LogP contribution in [0.15, 0.2) is 42.3 Å². The summed E-state index contributed by atoms with van der Waals surface area (Å²) in [6.45, 7) is 4.67. The smallest absolute Gasteiger partial charge is 0.257 e. The zero-order chi connectivity index (χ0) is 19.2. The molecule has 1 fully saturated rings. The third-order valence-corrected chi connectivity index (χ3v) is 7.14. The highest BCUT2D eigenvalue weighted by Crippen LogP contribution is 2.38. The van der Waals surface area contributed by atoms with Gasteiger partial charge in [0.25, 0.3) is 5.91 Å². The molecule has 10 heteroatoms. The molecule has 1 aromatic carbocycles. The minimum Gasteiger partial charge on any atom is -0.466 e. The first-order valence-corrected chi connectivity index (χ1v) is 10.6. The first-order valence-electron chi connectivity index (χ1n) is 8.45. The summed E-state index contributed by atoms with van der Waals surface area (Å²) in [4.78, 5) is 14.5. The standard InChI is InChI=1S/C17H18N4O4S2/c1-11-10-13(12(2)25-11)17(22)20-6-8-21(9-7-20)27(23,24)15-5-3-4-14-16(15)19-26-18-14/h3-5,10H,6-9H2,1-2H3. The second kappa shape index (κ2) is 6.70. The van der Waals surface area contributed by atoms with E-state index in [1.807, 2.05) is 0 Å². The number of aryl methyl sites for hydroxylation is 2. The molecule has 2 aliphatic heterocycles. The van der Waals surface area contributed by atoms with Crippen LogP contribution in [0.4, 0.5) is 11.4 Å². The summed E-state index contributed by atoms with van der Waals surface area (Å²) in [5, 5.41) is 0. The first kappa shape index (κ1) is 18.1. The van der Waals surface area contributed by atoms with Crippen molar-refractivity contribution in [3.63, 3.8) is 0 Å². The largest absolute Gasteiger partial charge is 0.466 e. The van der Waals surface area contributed by atoms with Crippen molar-refractivity contribution < 1.29 is 17.6 Å². The van der Waals surface area contributed by atoms with Gasteiger partial charge in [-0.2, -0.15) is 13.0 Å². The Morgan fingerprint density at radius 1 is 1.15 bits per heavy atom. The van der Waals surface area contributed by atoms with E-state index < -0.39 is 10.0 Å². The number of carbonyl (C=O) groups excluding carboxylic acids is 1. The predicted octanol–water partition coefficient (Wildman–Crippen LogP) is 2.77. The van der Waals surface area contributed by atoms with E-state index in [0.717, 1.165) is 11.4 Å². The summed E-state index contributed by atoms with van der Waals surface area (Å²) in [6.07, 6.45) is 0. The van der Waals surface area contributed by atoms with Crippen molar-refractivity contribution in [3.05, 3.63) is 41.3 Å². The number of amides is 1. The Morgan fingerprint density at radius 3 is 2.56 bits per heavy atom. The van der Waals surface area contributed by atoms with Crippen LogP contribution in [0.3, 0.4) is 0 Å². The molecule has 0 aliphatic carbocycles. The van der Waals surface area contributed by atoms with Gasteiger partial charge in [0.05, 0.1) is 16.9 Å². The van der Waals surface area contributed by atoms with Crippen LogP contribution in [0.2, 0.25) is 0 Å². The fraction of sp³-hybridized carbons (Fsp3) is 0.353. The molecule has 2 aromatic rings. The maximum absolute atomic E-state index is 13.0. The molecule has 2 aliphatic rings. The van der Waals surface area contributed by atoms with Gasteiger partial charge < -0.3 is 9.32 Å². The molecule has 0 spiro atoms. The van der Waals surface area contributed by atoms with E-state index in [1.165, 1.54) is 4.31 Å². The van der Waals surface area contributed by atoms with Gasteiger partial charge in [-0.3, -0.25) is 4.79 Å². The molecule has 0 unspecified atom stereocenters. The van der Waals surface area contributed by atoms with E-state index in [2.05, 4.69) is 8.73 Å². The SMILES string of the molecule is Cc1cc(C(=O)N2CCN(S(=O)(=O)c3cccc4c3N=S=N4)CC2)c(C)o1. The van der Waals surface area contributed by atoms with Crippen LogP contribution < -0.4 is 0 Å². The van der Waals surface area contributed by atoms with E-state index in [1.54, 1.807) is 43.0 Å². The third-order valence-electron chi connectivity index (χ3n) is 4.66. The number of hydrogen-bond acceptors (Lipinski definition) is 6. The van der Waals surface area contributed by atoms with E-state index in [0.29, 0.717) is 41.5 Å². The highest BCUT2D eigenvalue weighted by Gasteiger charge is 2.33. The average Bonchev–Trinajstić information content (AvgIpc) is 3.26.